The minimum atomic E-state index is -0.122. The van der Waals surface area contributed by atoms with Gasteiger partial charge in [0.2, 0.25) is 0 Å². The van der Waals surface area contributed by atoms with Gasteiger partial charge in [-0.25, -0.2) is 0 Å². The Morgan fingerprint density at radius 2 is 0.526 bits per heavy atom. The van der Waals surface area contributed by atoms with E-state index >= 15 is 0 Å². The lowest BCUT2D eigenvalue weighted by Crippen LogP contribution is -2.35. The Bertz CT molecular complexity index is 2010. The molecule has 1 fully saturated rings. The number of likely N-dealkylation sites (tertiary alicyclic amines) is 1. The molecule has 114 heavy (non-hydrogen) atoms. The molecule has 0 aliphatic carbocycles. The zero-order chi connectivity index (χ0) is 82.9. The zero-order valence-electron chi connectivity index (χ0n) is 78.5. The molecule has 0 N–H and O–H groups in total. The second kappa shape index (κ2) is 84.3. The van der Waals surface area contributed by atoms with Gasteiger partial charge in [0, 0.05) is 51.9 Å². The molecule has 4 atom stereocenters. The molecule has 12 nitrogen and oxygen atoms in total. The van der Waals surface area contributed by atoms with Crippen LogP contribution in [-0.4, -0.2) is 147 Å². The van der Waals surface area contributed by atoms with E-state index in [0.717, 1.165) is 206 Å². The molecule has 0 bridgehead atoms. The van der Waals surface area contributed by atoms with Crippen LogP contribution in [-0.2, 0) is 38.1 Å². The monoisotopic (exact) mass is 1610 g/mol. The normalized spacial score (nSPS) is 13.9. The Kier molecular flexibility index (Phi) is 81.2. The number of nitrogens with zero attached hydrogens (tertiary/aromatic N) is 4. The standard InChI is InChI=1S/C102H200N4O8/c1-11-19-27-35-42-53-71-94(72-54-43-36-28-20-12-2)111-99(107)78-60-48-64-82-104(89-88-103(9)10)83-65-50-62-80-101(109)113-96(75-57-46-39-31-23-15-5)92-93(70-52-34-26-18-8)97(76-58-41-33-25-17-7)98(77-59-47-40-32-24-16-6)114-102(110)81-63-51-67-85-105(90-91-106-86-68-69-87-106)84-66-49-61-79-100(108)112-95(73-55-44-37-29-21-13-3)74-56-45-38-30-22-14-4/h93-98H,11-92H2,1-10H3. The van der Waals surface area contributed by atoms with E-state index in [0.29, 0.717) is 31.6 Å². The van der Waals surface area contributed by atoms with Crippen molar-refractivity contribution in [3.05, 3.63) is 0 Å². The summed E-state index contributed by atoms with van der Waals surface area (Å²) in [7, 11) is 4.33. The lowest BCUT2D eigenvalue weighted by molar-refractivity contribution is -0.156. The maximum absolute atomic E-state index is 14.6. The first-order valence-electron chi connectivity index (χ1n) is 51.5. The predicted molar refractivity (Wildman–Crippen MR) is 492 cm³/mol. The Balaban J connectivity index is 3.25. The third-order valence-electron chi connectivity index (χ3n) is 25.4. The molecular formula is C102H200N4O8. The molecule has 676 valence electrons. The van der Waals surface area contributed by atoms with Crippen LogP contribution in [0.15, 0.2) is 0 Å². The molecule has 1 heterocycles. The summed E-state index contributed by atoms with van der Waals surface area (Å²) < 4.78 is 26.3. The number of carbonyl (C=O) groups is 4. The van der Waals surface area contributed by atoms with Crippen LogP contribution < -0.4 is 0 Å². The van der Waals surface area contributed by atoms with Crippen LogP contribution >= 0.6 is 0 Å². The first-order valence-corrected chi connectivity index (χ1v) is 51.5. The van der Waals surface area contributed by atoms with Gasteiger partial charge in [-0.15, -0.1) is 0 Å². The van der Waals surface area contributed by atoms with Crippen molar-refractivity contribution in [3.63, 3.8) is 0 Å². The van der Waals surface area contributed by atoms with Crippen LogP contribution in [0.3, 0.4) is 0 Å². The molecule has 1 saturated heterocycles. The second-order valence-electron chi connectivity index (χ2n) is 36.7. The number of carbonyl (C=O) groups excluding carboxylic acids is 4. The fourth-order valence-corrected chi connectivity index (χ4v) is 17.8. The van der Waals surface area contributed by atoms with E-state index in [1.54, 1.807) is 0 Å². The smallest absolute Gasteiger partial charge is 0.306 e. The van der Waals surface area contributed by atoms with Crippen LogP contribution in [0.25, 0.3) is 0 Å². The summed E-state index contributed by atoms with van der Waals surface area (Å²) in [5.41, 5.74) is 0. The molecule has 0 aromatic heterocycles. The summed E-state index contributed by atoms with van der Waals surface area (Å²) in [6.07, 6.45) is 81.4. The summed E-state index contributed by atoms with van der Waals surface area (Å²) in [5.74, 6) is 0.574. The van der Waals surface area contributed by atoms with E-state index < -0.39 is 0 Å². The molecular weight excluding hydrogens is 1410 g/mol. The number of hydrogen-bond donors (Lipinski definition) is 0. The molecule has 0 aromatic carbocycles. The lowest BCUT2D eigenvalue weighted by Gasteiger charge is -2.36. The minimum absolute atomic E-state index is 0.00195. The maximum atomic E-state index is 14.6. The molecule has 0 aromatic rings. The minimum Gasteiger partial charge on any atom is -0.462 e. The van der Waals surface area contributed by atoms with E-state index in [1.807, 2.05) is 0 Å². The highest BCUT2D eigenvalue weighted by molar-refractivity contribution is 5.70. The number of unbranched alkanes of at least 4 members (excludes halogenated alkanes) is 45. The van der Waals surface area contributed by atoms with Crippen molar-refractivity contribution in [1.29, 1.82) is 0 Å². The highest BCUT2D eigenvalue weighted by atomic mass is 16.6. The largest absolute Gasteiger partial charge is 0.462 e. The van der Waals surface area contributed by atoms with Gasteiger partial charge in [0.15, 0.2) is 0 Å². The van der Waals surface area contributed by atoms with E-state index in [1.165, 1.54) is 296 Å². The Morgan fingerprint density at radius 3 is 0.868 bits per heavy atom. The molecule has 1 aliphatic heterocycles. The predicted octanol–water partition coefficient (Wildman–Crippen LogP) is 29.6. The van der Waals surface area contributed by atoms with Crippen LogP contribution in [0.2, 0.25) is 0 Å². The van der Waals surface area contributed by atoms with Crippen LogP contribution in [0.5, 0.6) is 0 Å². The molecule has 0 spiro atoms. The lowest BCUT2D eigenvalue weighted by atomic mass is 9.75. The average Bonchev–Trinajstić information content (AvgIpc) is 0.868. The zero-order valence-corrected chi connectivity index (χ0v) is 78.5. The van der Waals surface area contributed by atoms with Crippen molar-refractivity contribution < 1.29 is 38.1 Å². The van der Waals surface area contributed by atoms with E-state index in [9.17, 15) is 19.2 Å². The fourth-order valence-electron chi connectivity index (χ4n) is 17.8. The molecule has 1 rings (SSSR count). The summed E-state index contributed by atoms with van der Waals surface area (Å²) in [5, 5.41) is 0. The SMILES string of the molecule is CCCCCCCCC(CCCCCCCC)OC(=O)CCCCCN(CCCCCC(=O)OC(CCCCCCCC)CC(CCCCCC)C(CCCCCCC)C(CCCCCCCC)OC(=O)CCCCCN(CCCCCC(=O)OC(CCCCCCCC)CCCCCCCC)CCN1CCCC1)CCN(C)C. The van der Waals surface area contributed by atoms with Crippen molar-refractivity contribution >= 4 is 23.9 Å². The number of hydrogen-bond acceptors (Lipinski definition) is 12. The number of likely N-dealkylation sites (N-methyl/N-ethyl adjacent to an activating group) is 1. The van der Waals surface area contributed by atoms with Crippen molar-refractivity contribution in [2.75, 3.05) is 79.5 Å². The van der Waals surface area contributed by atoms with Gasteiger partial charge in [-0.2, -0.15) is 0 Å². The molecule has 4 unspecified atom stereocenters. The summed E-state index contributed by atoms with van der Waals surface area (Å²) >= 11 is 0. The summed E-state index contributed by atoms with van der Waals surface area (Å²) in [6, 6.07) is 0. The van der Waals surface area contributed by atoms with E-state index in [4.69, 9.17) is 18.9 Å². The molecule has 1 aliphatic rings. The van der Waals surface area contributed by atoms with Gasteiger partial charge in [0.05, 0.1) is 0 Å². The first kappa shape index (κ1) is 110. The fraction of sp³-hybridized carbons (Fsp3) is 0.961. The van der Waals surface area contributed by atoms with Crippen molar-refractivity contribution in [3.8, 4) is 0 Å². The molecule has 0 saturated carbocycles. The van der Waals surface area contributed by atoms with Crippen molar-refractivity contribution in [2.24, 2.45) is 11.8 Å². The van der Waals surface area contributed by atoms with Gasteiger partial charge in [-0.1, -0.05) is 331 Å². The van der Waals surface area contributed by atoms with Gasteiger partial charge in [-0.3, -0.25) is 19.2 Å². The molecule has 0 amide bonds. The van der Waals surface area contributed by atoms with Crippen molar-refractivity contribution in [1.82, 2.24) is 19.6 Å². The van der Waals surface area contributed by atoms with Crippen LogP contribution in [0.4, 0.5) is 0 Å². The van der Waals surface area contributed by atoms with Crippen LogP contribution in [0, 0.1) is 11.8 Å². The van der Waals surface area contributed by atoms with Gasteiger partial charge in [0.1, 0.15) is 24.4 Å². The van der Waals surface area contributed by atoms with Gasteiger partial charge >= 0.3 is 23.9 Å². The first-order chi connectivity index (χ1) is 55.9. The Hall–Kier alpha value is -2.28. The Labute approximate surface area is 711 Å². The third kappa shape index (κ3) is 70.4. The summed E-state index contributed by atoms with van der Waals surface area (Å²) in [6.45, 7) is 29.2. The van der Waals surface area contributed by atoms with E-state index in [2.05, 4.69) is 89.1 Å². The third-order valence-corrected chi connectivity index (χ3v) is 25.4. The van der Waals surface area contributed by atoms with Crippen LogP contribution in [0.1, 0.15) is 518 Å². The van der Waals surface area contributed by atoms with E-state index in [-0.39, 0.29) is 54.2 Å². The van der Waals surface area contributed by atoms with Gasteiger partial charge in [-0.05, 0) is 226 Å². The number of rotatable bonds is 91. The summed E-state index contributed by atoms with van der Waals surface area (Å²) in [4.78, 5) is 65.8. The number of ether oxygens (including phenoxy) is 4. The van der Waals surface area contributed by atoms with Gasteiger partial charge < -0.3 is 38.5 Å². The molecule has 0 radical (unpaired) electrons. The maximum Gasteiger partial charge on any atom is 0.306 e. The van der Waals surface area contributed by atoms with Gasteiger partial charge in [0.25, 0.3) is 0 Å². The Morgan fingerprint density at radius 1 is 0.263 bits per heavy atom. The highest BCUT2D eigenvalue weighted by Crippen LogP contribution is 2.37. The quantitative estimate of drug-likeness (QED) is 0.0328. The molecule has 12 heteroatoms. The number of esters is 4. The average molecular weight is 1610 g/mol. The highest BCUT2D eigenvalue weighted by Gasteiger charge is 2.34. The van der Waals surface area contributed by atoms with Crippen molar-refractivity contribution in [2.45, 2.75) is 542 Å². The second-order valence-corrected chi connectivity index (χ2v) is 36.7. The topological polar surface area (TPSA) is 118 Å².